The zero-order chi connectivity index (χ0) is 58.5. The summed E-state index contributed by atoms with van der Waals surface area (Å²) in [6.07, 6.45) is 0.268. The topological polar surface area (TPSA) is 121 Å². The minimum atomic E-state index is -0.880. The van der Waals surface area contributed by atoms with E-state index >= 15 is 0 Å². The van der Waals surface area contributed by atoms with Crippen LogP contribution in [0.15, 0.2) is 60.7 Å². The maximum absolute atomic E-state index is 11.9. The minimum absolute atomic E-state index is 0. The fourth-order valence-corrected chi connectivity index (χ4v) is 2.04. The van der Waals surface area contributed by atoms with Gasteiger partial charge in [-0.25, -0.2) is 5.48 Å². The Morgan fingerprint density at radius 2 is 0.594 bits per heavy atom. The molecule has 52 heteroatoms. The Labute approximate surface area is 1510 Å². The summed E-state index contributed by atoms with van der Waals surface area (Å²) in [5.41, 5.74) is 2.44. The molecule has 1 unspecified atom stereocenters. The molecule has 1 atom stereocenters. The molecule has 7 nitrogen and oxygen atoms in total. The fraction of sp³-hybridized carbons (Fsp3) is 0.176. The van der Waals surface area contributed by atoms with Crippen LogP contribution in [0.2, 0.25) is 0 Å². The van der Waals surface area contributed by atoms with E-state index in [1.54, 1.807) is 29.7 Å². The van der Waals surface area contributed by atoms with Crippen molar-refractivity contribution in [2.24, 2.45) is 0 Å². The van der Waals surface area contributed by atoms with Crippen molar-refractivity contribution < 1.29 is 174 Å². The van der Waals surface area contributed by atoms with E-state index < -0.39 is 17.9 Å². The first-order valence-electron chi connectivity index (χ1n) is 28.1. The van der Waals surface area contributed by atoms with Gasteiger partial charge in [0.05, 0.1) is 0 Å². The minimum Gasteiger partial charge on any atom is -0.693 e. The van der Waals surface area contributed by atoms with Gasteiger partial charge >= 0.3 is 1480 Å². The molecule has 69 heavy (non-hydrogen) atoms. The van der Waals surface area contributed by atoms with Crippen LogP contribution in [0.3, 0.4) is 0 Å². The zero-order valence-electron chi connectivity index (χ0n) is 58.0. The van der Waals surface area contributed by atoms with Gasteiger partial charge in [0.25, 0.3) is 11.8 Å². The molecule has 0 saturated heterocycles. The summed E-state index contributed by atoms with van der Waals surface area (Å²) in [5, 5.41) is 11.4. The number of nitrogens with two attached hydrogens (primary N) is 1. The number of carbonyl (C=O) groups excluding carboxylic acids is 2. The van der Waals surface area contributed by atoms with Gasteiger partial charge in [0.2, 0.25) is 0 Å². The number of benzene rings is 2. The van der Waals surface area contributed by atoms with Crippen LogP contribution in [0.1, 0.15) is 5.56 Å². The van der Waals surface area contributed by atoms with Crippen LogP contribution in [-0.4, -0.2) is 1360 Å². The predicted octanol–water partition coefficient (Wildman–Crippen LogP) is -23.0. The number of hydrogen-bond acceptors (Lipinski definition) is 4. The van der Waals surface area contributed by atoms with Gasteiger partial charge in [-0.2, -0.15) is 0 Å². The van der Waals surface area contributed by atoms with Gasteiger partial charge in [-0.1, -0.05) is 48.5 Å². The smallest absolute Gasteiger partial charge is 0.693 e. The summed E-state index contributed by atoms with van der Waals surface area (Å²) in [6, 6.07) is 17.2. The number of rotatable bonds is 7. The largest absolute Gasteiger partial charge is 0.693 e. The van der Waals surface area contributed by atoms with E-state index in [1.807, 2.05) is 36.4 Å². The maximum Gasteiger partial charge on any atom is -0.693 e. The Morgan fingerprint density at radius 1 is 0.391 bits per heavy atom. The Kier molecular flexibility index (Phi) is 755. The van der Waals surface area contributed by atoms with E-state index in [0.29, 0.717) is 5.75 Å². The molecule has 2 aromatic carbocycles. The summed E-state index contributed by atoms with van der Waals surface area (Å²) in [4.78, 5) is 23.6. The molecule has 0 heterocycles. The first-order chi connectivity index (χ1) is 32.2. The van der Waals surface area contributed by atoms with Crippen molar-refractivity contribution in [3.8, 4) is 5.75 Å². The van der Waals surface area contributed by atoms with Crippen molar-refractivity contribution in [1.82, 2.24) is 10.8 Å². The normalized spacial score (nSPS) is 6.22. The third-order valence-electron chi connectivity index (χ3n) is 3.16. The molecule has 0 bridgehead atoms. The van der Waals surface area contributed by atoms with Crippen LogP contribution >= 0.6 is 0 Å². The van der Waals surface area contributed by atoms with Crippen LogP contribution in [-0.2, 0) is 16.0 Å². The predicted molar refractivity (Wildman–Crippen MR) is 331 cm³/mol. The van der Waals surface area contributed by atoms with Gasteiger partial charge in [-0.15, -0.1) is 0 Å². The Hall–Kier alpha value is 70.7. The van der Waals surface area contributed by atoms with Gasteiger partial charge < -0.3 is 16.2 Å². The monoisotopic (exact) mass is 2080 g/mol. The van der Waals surface area contributed by atoms with E-state index in [-0.39, 0.29) is 173 Å². The molecule has 0 aliphatic heterocycles. The Morgan fingerprint density at radius 3 is 0.797 bits per heavy atom. The number of para-hydroxylation sites is 1. The fourth-order valence-electron chi connectivity index (χ4n) is 2.04. The summed E-state index contributed by atoms with van der Waals surface area (Å²) in [7, 11) is 0. The molecule has 2 rings (SSSR count). The van der Waals surface area contributed by atoms with E-state index in [9.17, 15) is 9.59 Å². The van der Waals surface area contributed by atoms with Crippen molar-refractivity contribution in [3.05, 3.63) is 72.4 Å². The summed E-state index contributed by atoms with van der Waals surface area (Å²) in [6.45, 7) is -0.214. The van der Waals surface area contributed by atoms with Gasteiger partial charge in [0.1, 0.15) is 11.8 Å². The average Bonchev–Trinajstić information content (AvgIpc) is 3.49. The second kappa shape index (κ2) is 259. The van der Waals surface area contributed by atoms with Crippen LogP contribution in [0.5, 0.6) is 5.75 Å². The molecule has 0 saturated carbocycles. The van der Waals surface area contributed by atoms with Crippen LogP contribution < -0.4 is 170 Å². The number of amides is 2. The van der Waals surface area contributed by atoms with Gasteiger partial charge in [-0.3, -0.25) is 14.8 Å². The van der Waals surface area contributed by atoms with Gasteiger partial charge in [0, 0.05) is 6.42 Å². The number of nitrogens with one attached hydrogen (secondary N) is 2. The molecule has 0 aliphatic carbocycles. The van der Waals surface area contributed by atoms with Crippen LogP contribution in [0, 0.1) is 0 Å². The van der Waals surface area contributed by atoms with Crippen LogP contribution in [0.25, 0.3) is 6.15 Å². The van der Waals surface area contributed by atoms with Gasteiger partial charge in [-0.05, 0) is 17.7 Å². The van der Waals surface area contributed by atoms with Crippen molar-refractivity contribution in [1.29, 1.82) is 0 Å². The molecule has 0 aliphatic rings. The second-order valence-corrected chi connectivity index (χ2v) is 4.89. The van der Waals surface area contributed by atoms with Gasteiger partial charge in [0.15, 0.2) is 6.61 Å². The standard InChI is InChI=1S/C17H18N2O4.45K.H2N/c20-16(12-23-14-9-5-2-6-10-14)18-15(17(21)19-22)11-13-7-3-1-4-8-13;;;;;;;;;;;;;;;;;;;;;;;;;;;;;;;;;;;;;;;;;;;;;;/h1-10,15,22H,11-12H2,(H,18,20)(H,19,21);;;;;;;;;;;;;;;;;;;;;;;;;;;;;;;;;;;;;;;;;;;;;;1H2/q;;;;;;;;;;;;;;;;;;;;;;;;;;;;;;;;;;;;;;;;;;;3*+1;-1. The number of ether oxygens (including phenoxy) is 1. The quantitative estimate of drug-likeness (QED) is 0.145. The first kappa shape index (κ1) is 201. The Balaban J connectivity index is -0.0000000171. The van der Waals surface area contributed by atoms with Crippen molar-refractivity contribution in [3.63, 3.8) is 0 Å². The number of carbonyl (C=O) groups is 2. The van der Waals surface area contributed by atoms with E-state index in [2.05, 4.69) is 5.32 Å². The molecule has 0 fully saturated rings. The molecule has 0 radical (unpaired) electrons. The molecular weight excluding hydrogens is 2070 g/mol. The van der Waals surface area contributed by atoms with E-state index in [4.69, 9.17) is 9.94 Å². The molecule has 0 spiro atoms. The van der Waals surface area contributed by atoms with Crippen molar-refractivity contribution in [2.75, 3.05) is 6.61 Å². The van der Waals surface area contributed by atoms with Crippen LogP contribution in [0.4, 0.5) is 0 Å². The molecule has 0 aromatic heterocycles. The summed E-state index contributed by atoms with van der Waals surface area (Å²) >= 11 is 52.5. The van der Waals surface area contributed by atoms with Crippen molar-refractivity contribution in [2.45, 2.75) is 12.5 Å². The third kappa shape index (κ3) is 232. The first-order valence-corrected chi connectivity index (χ1v) is 364. The summed E-state index contributed by atoms with van der Waals surface area (Å²) < 4.78 is 5.33. The summed E-state index contributed by atoms with van der Waals surface area (Å²) in [5.74, 6) is -0.561. The SMILES string of the molecule is O=C(COc1ccccc1)NC(Cc1ccccc1)C(=O)NO.[K+].[K+].[K+].[K][K].[K][K].[K][K].[K][K].[K][K].[K][K].[K][K].[K][K].[K][K].[K][K].[K][K].[K][K].[K][K].[K][K].[K][K].[K][K].[K][K].[K][K].[K][K].[K][K].[K][K].[NH2-]. The second-order valence-electron chi connectivity index (χ2n) is 4.89. The average molecular weight is 2090 g/mol. The van der Waals surface area contributed by atoms with Crippen molar-refractivity contribution >= 4 is 1340 Å². The molecular formula is C17H20K45N3O4+2. The number of hydroxylamine groups is 1. The molecule has 2 aromatic rings. The maximum atomic E-state index is 11.9. The number of hydrogen-bond donors (Lipinski definition) is 3. The zero-order valence-corrected chi connectivity index (χ0v) is 199. The van der Waals surface area contributed by atoms with E-state index in [0.717, 1.165) is 5.56 Å². The molecule has 170 valence electrons. The Bertz CT molecular complexity index is 699. The molecule has 5 N–H and O–H groups in total. The van der Waals surface area contributed by atoms with E-state index in [1.165, 1.54) is 1330 Å². The molecule has 2 amide bonds. The third-order valence-corrected chi connectivity index (χ3v) is 3.16.